The summed E-state index contributed by atoms with van der Waals surface area (Å²) in [6.45, 7) is 1.68. The van der Waals surface area contributed by atoms with Gasteiger partial charge in [-0.15, -0.1) is 0 Å². The van der Waals surface area contributed by atoms with Crippen molar-refractivity contribution in [1.82, 2.24) is 5.32 Å². The molecule has 0 radical (unpaired) electrons. The van der Waals surface area contributed by atoms with Crippen LogP contribution in [0.3, 0.4) is 0 Å². The topological polar surface area (TPSA) is 105 Å². The summed E-state index contributed by atoms with van der Waals surface area (Å²) < 4.78 is 0. The lowest BCUT2D eigenvalue weighted by Gasteiger charge is -2.19. The molecule has 7 nitrogen and oxygen atoms in total. The molecular formula is C17H17N3O4. The van der Waals surface area contributed by atoms with Gasteiger partial charge in [0.05, 0.1) is 17.1 Å². The Labute approximate surface area is 138 Å². The predicted octanol–water partition coefficient (Wildman–Crippen LogP) is 2.68. The van der Waals surface area contributed by atoms with E-state index in [9.17, 15) is 20.0 Å². The molecule has 2 amide bonds. The molecule has 0 bridgehead atoms. The number of aliphatic hydroxyl groups is 1. The summed E-state index contributed by atoms with van der Waals surface area (Å²) in [6.07, 6.45) is -0.177. The Morgan fingerprint density at radius 3 is 2.75 bits per heavy atom. The average Bonchev–Trinajstić information content (AvgIpc) is 2.85. The van der Waals surface area contributed by atoms with E-state index in [2.05, 4.69) is 10.6 Å². The molecule has 2 atom stereocenters. The van der Waals surface area contributed by atoms with E-state index in [1.54, 1.807) is 6.92 Å². The lowest BCUT2D eigenvalue weighted by atomic mass is 10.1. The van der Waals surface area contributed by atoms with Crippen LogP contribution in [0.15, 0.2) is 42.5 Å². The predicted molar refractivity (Wildman–Crippen MR) is 88.9 cm³/mol. The van der Waals surface area contributed by atoms with Gasteiger partial charge in [-0.3, -0.25) is 10.1 Å². The highest BCUT2D eigenvalue weighted by atomic mass is 16.6. The van der Waals surface area contributed by atoms with Gasteiger partial charge in [0.1, 0.15) is 0 Å². The summed E-state index contributed by atoms with van der Waals surface area (Å²) in [5.74, 6) is 0. The van der Waals surface area contributed by atoms with Gasteiger partial charge in [-0.2, -0.15) is 0 Å². The lowest BCUT2D eigenvalue weighted by Crippen LogP contribution is -2.36. The van der Waals surface area contributed by atoms with Gasteiger partial charge in [0, 0.05) is 24.2 Å². The number of non-ortho nitro benzene ring substituents is 1. The van der Waals surface area contributed by atoms with Crippen LogP contribution in [0, 0.1) is 17.0 Å². The fraction of sp³-hybridized carbons (Fsp3) is 0.235. The number of nitro benzene ring substituents is 1. The van der Waals surface area contributed by atoms with Crippen LogP contribution in [0.2, 0.25) is 0 Å². The number of fused-ring (bicyclic) bond motifs is 1. The Balaban J connectivity index is 1.71. The van der Waals surface area contributed by atoms with Crippen LogP contribution < -0.4 is 10.6 Å². The highest BCUT2D eigenvalue weighted by Crippen LogP contribution is 2.31. The molecular weight excluding hydrogens is 310 g/mol. The van der Waals surface area contributed by atoms with Gasteiger partial charge in [0.25, 0.3) is 5.69 Å². The van der Waals surface area contributed by atoms with Gasteiger partial charge in [-0.1, -0.05) is 24.3 Å². The Morgan fingerprint density at radius 1 is 1.29 bits per heavy atom. The van der Waals surface area contributed by atoms with Crippen LogP contribution >= 0.6 is 0 Å². The zero-order chi connectivity index (χ0) is 17.3. The molecule has 0 aliphatic heterocycles. The van der Waals surface area contributed by atoms with Gasteiger partial charge in [-0.25, -0.2) is 4.79 Å². The molecule has 0 saturated carbocycles. The monoisotopic (exact) mass is 327 g/mol. The molecule has 2 aromatic rings. The number of nitrogens with zero attached hydrogens (tertiary/aromatic N) is 1. The van der Waals surface area contributed by atoms with Crippen molar-refractivity contribution < 1.29 is 14.8 Å². The summed E-state index contributed by atoms with van der Waals surface area (Å²) in [5, 5.41) is 26.3. The molecule has 2 aromatic carbocycles. The number of carbonyl (C=O) groups is 1. The van der Waals surface area contributed by atoms with Crippen molar-refractivity contribution in [2.45, 2.75) is 25.5 Å². The molecule has 24 heavy (non-hydrogen) atoms. The second-order valence-corrected chi connectivity index (χ2v) is 5.80. The third-order valence-electron chi connectivity index (χ3n) is 4.16. The summed E-state index contributed by atoms with van der Waals surface area (Å²) >= 11 is 0. The first kappa shape index (κ1) is 15.9. The number of hydrogen-bond donors (Lipinski definition) is 3. The Hall–Kier alpha value is -2.93. The van der Waals surface area contributed by atoms with E-state index in [-0.39, 0.29) is 5.69 Å². The standard InChI is InChI=1S/C17H17N3O4/c1-10-8-12(20(23)24)6-7-14(10)18-17(22)19-16-13-5-3-2-4-11(13)9-15(16)21/h2-8,15-16,21H,9H2,1H3,(H2,18,19,22)/t15-,16-/m1/s1. The van der Waals surface area contributed by atoms with Crippen LogP contribution in [-0.2, 0) is 6.42 Å². The molecule has 1 aliphatic rings. The number of urea groups is 1. The first-order chi connectivity index (χ1) is 11.5. The number of amides is 2. The van der Waals surface area contributed by atoms with Gasteiger partial charge in [0.2, 0.25) is 0 Å². The normalized spacial score (nSPS) is 18.8. The van der Waals surface area contributed by atoms with Gasteiger partial charge in [0.15, 0.2) is 0 Å². The number of carbonyl (C=O) groups excluding carboxylic acids is 1. The van der Waals surface area contributed by atoms with Crippen LogP contribution in [0.25, 0.3) is 0 Å². The molecule has 124 valence electrons. The van der Waals surface area contributed by atoms with Crippen LogP contribution in [0.5, 0.6) is 0 Å². The molecule has 0 unspecified atom stereocenters. The molecule has 3 N–H and O–H groups in total. The quantitative estimate of drug-likeness (QED) is 0.595. The first-order valence-electron chi connectivity index (χ1n) is 7.54. The summed E-state index contributed by atoms with van der Waals surface area (Å²) in [4.78, 5) is 22.5. The van der Waals surface area contributed by atoms with E-state index in [1.165, 1.54) is 18.2 Å². The zero-order valence-electron chi connectivity index (χ0n) is 13.0. The minimum Gasteiger partial charge on any atom is -0.390 e. The van der Waals surface area contributed by atoms with E-state index in [0.717, 1.165) is 11.1 Å². The average molecular weight is 327 g/mol. The lowest BCUT2D eigenvalue weighted by molar-refractivity contribution is -0.384. The minimum absolute atomic E-state index is 0.0291. The molecule has 0 saturated heterocycles. The van der Waals surface area contributed by atoms with Gasteiger partial charge >= 0.3 is 6.03 Å². The number of anilines is 1. The van der Waals surface area contributed by atoms with E-state index in [4.69, 9.17) is 0 Å². The van der Waals surface area contributed by atoms with Crippen molar-refractivity contribution in [1.29, 1.82) is 0 Å². The Kier molecular flexibility index (Phi) is 4.18. The third-order valence-corrected chi connectivity index (χ3v) is 4.16. The molecule has 1 aliphatic carbocycles. The second kappa shape index (κ2) is 6.29. The van der Waals surface area contributed by atoms with Crippen molar-refractivity contribution >= 4 is 17.4 Å². The highest BCUT2D eigenvalue weighted by Gasteiger charge is 2.31. The summed E-state index contributed by atoms with van der Waals surface area (Å²) in [5.41, 5.74) is 2.96. The van der Waals surface area contributed by atoms with Crippen molar-refractivity contribution in [3.8, 4) is 0 Å². The minimum atomic E-state index is -0.675. The molecule has 0 aromatic heterocycles. The van der Waals surface area contributed by atoms with E-state index >= 15 is 0 Å². The number of nitro groups is 1. The highest BCUT2D eigenvalue weighted by molar-refractivity contribution is 5.90. The van der Waals surface area contributed by atoms with Crippen molar-refractivity contribution in [3.05, 3.63) is 69.3 Å². The Bertz CT molecular complexity index is 806. The molecule has 0 spiro atoms. The van der Waals surface area contributed by atoms with E-state index in [0.29, 0.717) is 17.7 Å². The Morgan fingerprint density at radius 2 is 2.04 bits per heavy atom. The van der Waals surface area contributed by atoms with Crippen LogP contribution in [0.4, 0.5) is 16.2 Å². The number of benzene rings is 2. The van der Waals surface area contributed by atoms with Gasteiger partial charge < -0.3 is 15.7 Å². The fourth-order valence-electron chi connectivity index (χ4n) is 2.95. The number of nitrogens with one attached hydrogen (secondary N) is 2. The maximum absolute atomic E-state index is 12.2. The number of rotatable bonds is 3. The molecule has 0 fully saturated rings. The molecule has 3 rings (SSSR count). The van der Waals surface area contributed by atoms with Gasteiger partial charge in [-0.05, 0) is 29.7 Å². The van der Waals surface area contributed by atoms with Crippen molar-refractivity contribution in [3.63, 3.8) is 0 Å². The third kappa shape index (κ3) is 3.07. The maximum atomic E-state index is 12.2. The van der Waals surface area contributed by atoms with Crippen LogP contribution in [0.1, 0.15) is 22.7 Å². The van der Waals surface area contributed by atoms with E-state index < -0.39 is 23.1 Å². The van der Waals surface area contributed by atoms with Crippen molar-refractivity contribution in [2.75, 3.05) is 5.32 Å². The first-order valence-corrected chi connectivity index (χ1v) is 7.54. The number of aryl methyl sites for hydroxylation is 1. The number of hydrogen-bond acceptors (Lipinski definition) is 4. The summed E-state index contributed by atoms with van der Waals surface area (Å²) in [6, 6.07) is 10.9. The van der Waals surface area contributed by atoms with Crippen LogP contribution in [-0.4, -0.2) is 22.2 Å². The SMILES string of the molecule is Cc1cc([N+](=O)[O-])ccc1NC(=O)N[C@@H]1c2ccccc2C[C@H]1O. The smallest absolute Gasteiger partial charge is 0.319 e. The molecule has 7 heteroatoms. The largest absolute Gasteiger partial charge is 0.390 e. The fourth-order valence-corrected chi connectivity index (χ4v) is 2.95. The maximum Gasteiger partial charge on any atom is 0.319 e. The van der Waals surface area contributed by atoms with E-state index in [1.807, 2.05) is 24.3 Å². The number of aliphatic hydroxyl groups excluding tert-OH is 1. The van der Waals surface area contributed by atoms with Crippen molar-refractivity contribution in [2.24, 2.45) is 0 Å². The molecule has 0 heterocycles. The zero-order valence-corrected chi connectivity index (χ0v) is 13.0. The summed E-state index contributed by atoms with van der Waals surface area (Å²) in [7, 11) is 0. The second-order valence-electron chi connectivity index (χ2n) is 5.80.